The fourth-order valence-electron chi connectivity index (χ4n) is 3.33. The van der Waals surface area contributed by atoms with Gasteiger partial charge in [0.15, 0.2) is 0 Å². The predicted octanol–water partition coefficient (Wildman–Crippen LogP) is 3.11. The highest BCUT2D eigenvalue weighted by atomic mass is 35.5. The molecular weight excluding hydrogens is 355 g/mol. The zero-order valence-corrected chi connectivity index (χ0v) is 15.3. The number of hydrogen-bond acceptors (Lipinski definition) is 3. The number of rotatable bonds is 5. The fourth-order valence-corrected chi connectivity index (χ4v) is 3.33. The minimum Gasteiger partial charge on any atom is -0.381 e. The molecule has 1 heterocycles. The molecule has 26 heavy (non-hydrogen) atoms. The van der Waals surface area contributed by atoms with Gasteiger partial charge in [-0.3, -0.25) is 4.79 Å². The molecule has 0 saturated carbocycles. The van der Waals surface area contributed by atoms with Gasteiger partial charge in [0.25, 0.3) is 0 Å². The van der Waals surface area contributed by atoms with Crippen molar-refractivity contribution in [1.29, 1.82) is 0 Å². The summed E-state index contributed by atoms with van der Waals surface area (Å²) in [5, 5.41) is 2.99. The summed E-state index contributed by atoms with van der Waals surface area (Å²) >= 11 is 0. The summed E-state index contributed by atoms with van der Waals surface area (Å²) in [7, 11) is 0. The summed E-state index contributed by atoms with van der Waals surface area (Å²) in [4.78, 5) is 13.0. The van der Waals surface area contributed by atoms with Gasteiger partial charge in [0.1, 0.15) is 5.82 Å². The number of hydrogen-bond donors (Lipinski definition) is 2. The summed E-state index contributed by atoms with van der Waals surface area (Å²) in [6.07, 6.45) is 1.15. The van der Waals surface area contributed by atoms with Crippen molar-refractivity contribution in [2.75, 3.05) is 19.8 Å². The van der Waals surface area contributed by atoms with E-state index < -0.39 is 5.41 Å². The third kappa shape index (κ3) is 4.41. The summed E-state index contributed by atoms with van der Waals surface area (Å²) in [5.74, 6) is -0.383. The average Bonchev–Trinajstić information content (AvgIpc) is 2.67. The Balaban J connectivity index is 0.00000243. The second-order valence-electron chi connectivity index (χ2n) is 6.43. The smallest absolute Gasteiger partial charge is 0.230 e. The number of carbonyl (C=O) groups excluding carboxylic acids is 1. The summed E-state index contributed by atoms with van der Waals surface area (Å²) in [6, 6.07) is 15.6. The predicted molar refractivity (Wildman–Crippen MR) is 102 cm³/mol. The molecule has 0 bridgehead atoms. The maximum Gasteiger partial charge on any atom is 0.230 e. The molecule has 6 heteroatoms. The summed E-state index contributed by atoms with van der Waals surface area (Å²) < 4.78 is 18.7. The van der Waals surface area contributed by atoms with Crippen molar-refractivity contribution in [1.82, 2.24) is 5.32 Å². The highest BCUT2D eigenvalue weighted by Gasteiger charge is 2.41. The molecule has 1 saturated heterocycles. The number of nitrogens with one attached hydrogen (secondary N) is 1. The summed E-state index contributed by atoms with van der Waals surface area (Å²) in [6.45, 7) is 1.37. The van der Waals surface area contributed by atoms with E-state index in [2.05, 4.69) is 5.32 Å². The maximum atomic E-state index is 13.3. The lowest BCUT2D eigenvalue weighted by molar-refractivity contribution is -0.130. The Hall–Kier alpha value is -1.95. The molecule has 0 radical (unpaired) electrons. The van der Waals surface area contributed by atoms with Gasteiger partial charge in [0.2, 0.25) is 5.91 Å². The molecule has 0 spiro atoms. The van der Waals surface area contributed by atoms with Gasteiger partial charge in [-0.25, -0.2) is 4.39 Å². The van der Waals surface area contributed by atoms with Crippen LogP contribution in [-0.2, 0) is 14.9 Å². The fraction of sp³-hybridized carbons (Fsp3) is 0.350. The Morgan fingerprint density at radius 2 is 1.73 bits per heavy atom. The largest absolute Gasteiger partial charge is 0.381 e. The summed E-state index contributed by atoms with van der Waals surface area (Å²) in [5.41, 5.74) is 7.29. The van der Waals surface area contributed by atoms with E-state index in [0.29, 0.717) is 32.6 Å². The molecule has 1 unspecified atom stereocenters. The number of benzene rings is 2. The number of carbonyl (C=O) groups is 1. The monoisotopic (exact) mass is 378 g/mol. The highest BCUT2D eigenvalue weighted by Crippen LogP contribution is 2.35. The van der Waals surface area contributed by atoms with Crippen LogP contribution in [0.25, 0.3) is 0 Å². The molecule has 140 valence electrons. The number of ether oxygens (including phenoxy) is 1. The van der Waals surface area contributed by atoms with Crippen LogP contribution < -0.4 is 11.1 Å². The lowest BCUT2D eigenvalue weighted by Crippen LogP contribution is -2.49. The normalized spacial score (nSPS) is 17.0. The van der Waals surface area contributed by atoms with E-state index in [9.17, 15) is 9.18 Å². The van der Waals surface area contributed by atoms with Crippen molar-refractivity contribution in [2.24, 2.45) is 5.73 Å². The molecule has 3 N–H and O–H groups in total. The molecule has 3 rings (SSSR count). The zero-order chi connectivity index (χ0) is 17.7. The Morgan fingerprint density at radius 1 is 1.12 bits per heavy atom. The highest BCUT2D eigenvalue weighted by molar-refractivity contribution is 5.88. The van der Waals surface area contributed by atoms with Crippen LogP contribution in [0.4, 0.5) is 4.39 Å². The lowest BCUT2D eigenvalue weighted by Gasteiger charge is -2.36. The van der Waals surface area contributed by atoms with Gasteiger partial charge in [-0.15, -0.1) is 12.4 Å². The molecule has 1 aliphatic rings. The van der Waals surface area contributed by atoms with Crippen molar-refractivity contribution < 1.29 is 13.9 Å². The van der Waals surface area contributed by atoms with Gasteiger partial charge in [0, 0.05) is 25.8 Å². The van der Waals surface area contributed by atoms with E-state index in [1.807, 2.05) is 30.3 Å². The van der Waals surface area contributed by atoms with Crippen LogP contribution in [0.5, 0.6) is 0 Å². The molecule has 1 aliphatic heterocycles. The molecule has 1 fully saturated rings. The zero-order valence-electron chi connectivity index (χ0n) is 14.5. The third-order valence-electron chi connectivity index (χ3n) is 4.89. The van der Waals surface area contributed by atoms with Crippen molar-refractivity contribution in [3.8, 4) is 0 Å². The van der Waals surface area contributed by atoms with Gasteiger partial charge in [0.05, 0.1) is 5.41 Å². The molecule has 4 nitrogen and oxygen atoms in total. The van der Waals surface area contributed by atoms with Crippen LogP contribution in [-0.4, -0.2) is 25.7 Å². The van der Waals surface area contributed by atoms with E-state index in [1.54, 1.807) is 12.1 Å². The van der Waals surface area contributed by atoms with E-state index >= 15 is 0 Å². The first-order chi connectivity index (χ1) is 12.1. The first-order valence-electron chi connectivity index (χ1n) is 8.54. The van der Waals surface area contributed by atoms with Crippen molar-refractivity contribution in [2.45, 2.75) is 24.3 Å². The van der Waals surface area contributed by atoms with Gasteiger partial charge >= 0.3 is 0 Å². The minimum absolute atomic E-state index is 0. The van der Waals surface area contributed by atoms with E-state index in [-0.39, 0.29) is 30.2 Å². The molecule has 1 atom stereocenters. The van der Waals surface area contributed by atoms with Crippen LogP contribution in [0.1, 0.15) is 30.0 Å². The number of amides is 1. The van der Waals surface area contributed by atoms with Crippen LogP contribution in [0.3, 0.4) is 0 Å². The Bertz CT molecular complexity index is 704. The first-order valence-corrected chi connectivity index (χ1v) is 8.54. The quantitative estimate of drug-likeness (QED) is 0.840. The Kier molecular flexibility index (Phi) is 7.14. The van der Waals surface area contributed by atoms with E-state index in [0.717, 1.165) is 11.1 Å². The first kappa shape index (κ1) is 20.4. The molecule has 1 amide bonds. The van der Waals surface area contributed by atoms with Crippen LogP contribution in [0.15, 0.2) is 54.6 Å². The van der Waals surface area contributed by atoms with Gasteiger partial charge in [-0.05, 0) is 36.1 Å². The second-order valence-corrected chi connectivity index (χ2v) is 6.43. The number of nitrogens with two attached hydrogens (primary N) is 1. The van der Waals surface area contributed by atoms with Gasteiger partial charge in [-0.2, -0.15) is 0 Å². The third-order valence-corrected chi connectivity index (χ3v) is 4.89. The standard InChI is InChI=1S/C20H23FN2O2.ClH/c21-17-8-6-16(7-9-17)20(10-12-25-13-11-20)19(24)23-14-18(22)15-4-2-1-3-5-15;/h1-9,18H,10-14,22H2,(H,23,24);1H. The van der Waals surface area contributed by atoms with Crippen LogP contribution in [0.2, 0.25) is 0 Å². The maximum absolute atomic E-state index is 13.3. The molecule has 2 aromatic carbocycles. The lowest BCUT2D eigenvalue weighted by atomic mass is 9.73. The van der Waals surface area contributed by atoms with Crippen molar-refractivity contribution >= 4 is 18.3 Å². The Labute approximate surface area is 159 Å². The van der Waals surface area contributed by atoms with E-state index in [1.165, 1.54) is 12.1 Å². The molecular formula is C20H24ClFN2O2. The van der Waals surface area contributed by atoms with Gasteiger partial charge < -0.3 is 15.8 Å². The van der Waals surface area contributed by atoms with Crippen LogP contribution >= 0.6 is 12.4 Å². The topological polar surface area (TPSA) is 64.3 Å². The van der Waals surface area contributed by atoms with Crippen LogP contribution in [0, 0.1) is 5.82 Å². The molecule has 2 aromatic rings. The average molecular weight is 379 g/mol. The molecule has 0 aliphatic carbocycles. The Morgan fingerprint density at radius 3 is 2.35 bits per heavy atom. The van der Waals surface area contributed by atoms with E-state index in [4.69, 9.17) is 10.5 Å². The van der Waals surface area contributed by atoms with Crippen molar-refractivity contribution in [3.05, 3.63) is 71.5 Å². The number of halogens is 2. The van der Waals surface area contributed by atoms with Gasteiger partial charge in [-0.1, -0.05) is 42.5 Å². The SMILES string of the molecule is Cl.NC(CNC(=O)C1(c2ccc(F)cc2)CCOCC1)c1ccccc1. The van der Waals surface area contributed by atoms with Crippen molar-refractivity contribution in [3.63, 3.8) is 0 Å². The minimum atomic E-state index is -0.692. The second kappa shape index (κ2) is 9.12. The molecule has 0 aromatic heterocycles.